The van der Waals surface area contributed by atoms with Crippen LogP contribution in [0.5, 0.6) is 0 Å². The topological polar surface area (TPSA) is 94.9 Å². The molecule has 0 spiro atoms. The molecule has 2 N–H and O–H groups in total. The molecule has 0 aliphatic carbocycles. The summed E-state index contributed by atoms with van der Waals surface area (Å²) in [5, 5.41) is 19.3. The normalized spacial score (nSPS) is 15.9. The van der Waals surface area contributed by atoms with E-state index in [0.717, 1.165) is 10.6 Å². The van der Waals surface area contributed by atoms with Gasteiger partial charge in [-0.3, -0.25) is 4.31 Å². The number of aliphatic hydroxyl groups is 1. The number of aliphatic hydroxyl groups excluding tert-OH is 1. The van der Waals surface area contributed by atoms with Gasteiger partial charge in [0.1, 0.15) is 0 Å². The lowest BCUT2D eigenvalue weighted by molar-refractivity contribution is -0.133. The molecule has 19 heavy (non-hydrogen) atoms. The lowest BCUT2D eigenvalue weighted by Crippen LogP contribution is -2.34. The predicted molar refractivity (Wildman–Crippen MR) is 68.9 cm³/mol. The lowest BCUT2D eigenvalue weighted by Gasteiger charge is -2.21. The number of aliphatic carboxylic acids is 1. The third-order valence-electron chi connectivity index (χ3n) is 2.93. The Bertz CT molecular complexity index is 662. The van der Waals surface area contributed by atoms with Crippen molar-refractivity contribution in [1.29, 1.82) is 0 Å². The van der Waals surface area contributed by atoms with Crippen LogP contribution in [0.2, 0.25) is 0 Å². The zero-order valence-corrected chi connectivity index (χ0v) is 11.0. The highest BCUT2D eigenvalue weighted by Crippen LogP contribution is 2.28. The summed E-state index contributed by atoms with van der Waals surface area (Å²) in [6.07, 6.45) is 1.25. The Kier molecular flexibility index (Phi) is 3.23. The zero-order chi connectivity index (χ0) is 14.2. The summed E-state index contributed by atoms with van der Waals surface area (Å²) in [7, 11) is -3.76. The number of hydrogen-bond acceptors (Lipinski definition) is 4. The molecule has 0 saturated heterocycles. The first-order chi connectivity index (χ1) is 8.82. The number of carboxylic acids is 1. The van der Waals surface area contributed by atoms with Gasteiger partial charge in [0, 0.05) is 12.1 Å². The van der Waals surface area contributed by atoms with E-state index in [4.69, 9.17) is 5.11 Å². The van der Waals surface area contributed by atoms with Crippen molar-refractivity contribution >= 4 is 21.8 Å². The SMILES string of the molecule is CS(=O)(=O)N1CCc2ccccc2C(O)=C1C(=O)O. The van der Waals surface area contributed by atoms with Crippen LogP contribution in [0.25, 0.3) is 5.76 Å². The van der Waals surface area contributed by atoms with Crippen LogP contribution in [0, 0.1) is 0 Å². The van der Waals surface area contributed by atoms with Gasteiger partial charge < -0.3 is 10.2 Å². The van der Waals surface area contributed by atoms with Crippen molar-refractivity contribution in [1.82, 2.24) is 4.31 Å². The number of rotatable bonds is 2. The predicted octanol–water partition coefficient (Wildman–Crippen LogP) is 0.815. The minimum Gasteiger partial charge on any atom is -0.505 e. The maximum absolute atomic E-state index is 11.7. The highest BCUT2D eigenvalue weighted by Gasteiger charge is 2.32. The van der Waals surface area contributed by atoms with Gasteiger partial charge in [-0.15, -0.1) is 0 Å². The van der Waals surface area contributed by atoms with E-state index in [2.05, 4.69) is 0 Å². The van der Waals surface area contributed by atoms with E-state index in [1.807, 2.05) is 0 Å². The van der Waals surface area contributed by atoms with Crippen molar-refractivity contribution < 1.29 is 23.4 Å². The molecule has 1 aliphatic heterocycles. The average molecular weight is 283 g/mol. The van der Waals surface area contributed by atoms with E-state index in [0.29, 0.717) is 17.5 Å². The Balaban J connectivity index is 2.70. The molecule has 2 rings (SSSR count). The quantitative estimate of drug-likeness (QED) is 0.837. The van der Waals surface area contributed by atoms with Crippen molar-refractivity contribution in [2.24, 2.45) is 0 Å². The summed E-state index contributed by atoms with van der Waals surface area (Å²) >= 11 is 0. The molecular weight excluding hydrogens is 270 g/mol. The molecule has 1 aliphatic rings. The maximum atomic E-state index is 11.7. The summed E-state index contributed by atoms with van der Waals surface area (Å²) in [5.41, 5.74) is 0.461. The second-order valence-electron chi connectivity index (χ2n) is 4.24. The van der Waals surface area contributed by atoms with Crippen molar-refractivity contribution in [3.8, 4) is 0 Å². The molecule has 0 saturated carbocycles. The first-order valence-electron chi connectivity index (χ1n) is 5.55. The van der Waals surface area contributed by atoms with Gasteiger partial charge in [0.15, 0.2) is 11.5 Å². The van der Waals surface area contributed by atoms with Gasteiger partial charge in [0.2, 0.25) is 10.0 Å². The molecule has 1 aromatic rings. The van der Waals surface area contributed by atoms with Gasteiger partial charge in [-0.05, 0) is 12.0 Å². The lowest BCUT2D eigenvalue weighted by atomic mass is 10.0. The molecule has 0 unspecified atom stereocenters. The van der Waals surface area contributed by atoms with Gasteiger partial charge in [-0.25, -0.2) is 13.2 Å². The summed E-state index contributed by atoms with van der Waals surface area (Å²) in [5.74, 6) is -1.99. The van der Waals surface area contributed by atoms with Crippen LogP contribution >= 0.6 is 0 Å². The largest absolute Gasteiger partial charge is 0.505 e. The Morgan fingerprint density at radius 2 is 1.95 bits per heavy atom. The zero-order valence-electron chi connectivity index (χ0n) is 10.2. The molecule has 0 radical (unpaired) electrons. The van der Waals surface area contributed by atoms with Crippen LogP contribution in [-0.4, -0.2) is 41.7 Å². The van der Waals surface area contributed by atoms with E-state index < -0.39 is 27.4 Å². The number of carbonyl (C=O) groups is 1. The molecule has 0 amide bonds. The fourth-order valence-corrected chi connectivity index (χ4v) is 3.01. The van der Waals surface area contributed by atoms with Crippen molar-refractivity contribution in [3.63, 3.8) is 0 Å². The standard InChI is InChI=1S/C12H13NO5S/c1-19(17,18)13-7-6-8-4-2-3-5-9(8)11(14)10(13)12(15)16/h2-5,14H,6-7H2,1H3,(H,15,16). The van der Waals surface area contributed by atoms with E-state index in [9.17, 15) is 18.3 Å². The van der Waals surface area contributed by atoms with Crippen LogP contribution in [0.4, 0.5) is 0 Å². The number of fused-ring (bicyclic) bond motifs is 1. The third-order valence-corrected chi connectivity index (χ3v) is 4.10. The van der Waals surface area contributed by atoms with Crippen LogP contribution in [0.3, 0.4) is 0 Å². The van der Waals surface area contributed by atoms with Gasteiger partial charge in [-0.1, -0.05) is 24.3 Å². The summed E-state index contributed by atoms with van der Waals surface area (Å²) in [6, 6.07) is 6.71. The molecule has 0 bridgehead atoms. The van der Waals surface area contributed by atoms with E-state index >= 15 is 0 Å². The Morgan fingerprint density at radius 1 is 1.32 bits per heavy atom. The highest BCUT2D eigenvalue weighted by molar-refractivity contribution is 7.88. The monoisotopic (exact) mass is 283 g/mol. The molecule has 7 heteroatoms. The fraction of sp³-hybridized carbons (Fsp3) is 0.250. The molecular formula is C12H13NO5S. The maximum Gasteiger partial charge on any atom is 0.357 e. The first kappa shape index (κ1) is 13.4. The summed E-state index contributed by atoms with van der Waals surface area (Å²) in [4.78, 5) is 11.3. The molecule has 0 atom stereocenters. The molecule has 102 valence electrons. The Hall–Kier alpha value is -2.02. The van der Waals surface area contributed by atoms with Crippen LogP contribution < -0.4 is 0 Å². The second kappa shape index (κ2) is 4.58. The average Bonchev–Trinajstić information content (AvgIpc) is 2.46. The first-order valence-corrected chi connectivity index (χ1v) is 7.39. The smallest absolute Gasteiger partial charge is 0.357 e. The molecule has 1 aromatic carbocycles. The van der Waals surface area contributed by atoms with Crippen LogP contribution in [0.15, 0.2) is 30.0 Å². The van der Waals surface area contributed by atoms with E-state index in [-0.39, 0.29) is 6.54 Å². The fourth-order valence-electron chi connectivity index (χ4n) is 2.09. The molecule has 0 fully saturated rings. The Morgan fingerprint density at radius 3 is 2.53 bits per heavy atom. The van der Waals surface area contributed by atoms with Crippen molar-refractivity contribution in [2.45, 2.75) is 6.42 Å². The number of hydrogen-bond donors (Lipinski definition) is 2. The number of benzene rings is 1. The molecule has 6 nitrogen and oxygen atoms in total. The molecule has 1 heterocycles. The van der Waals surface area contributed by atoms with E-state index in [1.165, 1.54) is 0 Å². The highest BCUT2D eigenvalue weighted by atomic mass is 32.2. The number of sulfonamides is 1. The van der Waals surface area contributed by atoms with Crippen molar-refractivity contribution in [3.05, 3.63) is 41.1 Å². The summed E-state index contributed by atoms with van der Waals surface area (Å²) < 4.78 is 24.1. The van der Waals surface area contributed by atoms with Crippen molar-refractivity contribution in [2.75, 3.05) is 12.8 Å². The Labute approximate surface area is 110 Å². The number of carboxylic acid groups (broad SMARTS) is 1. The van der Waals surface area contributed by atoms with Gasteiger partial charge >= 0.3 is 5.97 Å². The minimum absolute atomic E-state index is 0.0124. The van der Waals surface area contributed by atoms with Crippen LogP contribution in [0.1, 0.15) is 11.1 Å². The second-order valence-corrected chi connectivity index (χ2v) is 6.15. The number of nitrogens with zero attached hydrogens (tertiary/aromatic N) is 1. The molecule has 0 aromatic heterocycles. The van der Waals surface area contributed by atoms with Gasteiger partial charge in [0.25, 0.3) is 0 Å². The van der Waals surface area contributed by atoms with Gasteiger partial charge in [-0.2, -0.15) is 0 Å². The minimum atomic E-state index is -3.76. The third kappa shape index (κ3) is 2.41. The van der Waals surface area contributed by atoms with Crippen LogP contribution in [-0.2, 0) is 21.2 Å². The van der Waals surface area contributed by atoms with E-state index in [1.54, 1.807) is 24.3 Å². The summed E-state index contributed by atoms with van der Waals surface area (Å²) in [6.45, 7) is -0.0124. The van der Waals surface area contributed by atoms with Gasteiger partial charge in [0.05, 0.1) is 6.26 Å².